The van der Waals surface area contributed by atoms with Crippen molar-refractivity contribution in [1.29, 1.82) is 0 Å². The van der Waals surface area contributed by atoms with E-state index in [4.69, 9.17) is 4.74 Å². The molecule has 0 bridgehead atoms. The van der Waals surface area contributed by atoms with Crippen LogP contribution in [0.4, 0.5) is 0 Å². The molecule has 2 aromatic rings. The average molecular weight is 618 g/mol. The number of aryl methyl sites for hydroxylation is 2. The van der Waals surface area contributed by atoms with Crippen LogP contribution in [0.15, 0.2) is 15.9 Å². The van der Waals surface area contributed by atoms with E-state index < -0.39 is 0 Å². The van der Waals surface area contributed by atoms with Gasteiger partial charge in [-0.1, -0.05) is 96.8 Å². The van der Waals surface area contributed by atoms with Gasteiger partial charge < -0.3 is 14.2 Å². The molecule has 1 unspecified atom stereocenters. The molecule has 2 heterocycles. The SMILES string of the molecule is CCCCCCCCCCCCN(CC(CCCCCCCCCn1c(=O)c2c(ncn2C)n(C)c1=O)OC(C)=O)C(C)=O. The van der Waals surface area contributed by atoms with Crippen molar-refractivity contribution in [3.05, 3.63) is 27.2 Å². The van der Waals surface area contributed by atoms with Crippen molar-refractivity contribution in [1.82, 2.24) is 23.6 Å². The second kappa shape index (κ2) is 20.9. The van der Waals surface area contributed by atoms with Crippen molar-refractivity contribution in [2.24, 2.45) is 14.1 Å². The maximum absolute atomic E-state index is 12.8. The third-order valence-corrected chi connectivity index (χ3v) is 8.59. The Hall–Kier alpha value is -2.91. The monoisotopic (exact) mass is 617 g/mol. The first-order valence-corrected chi connectivity index (χ1v) is 17.2. The Balaban J connectivity index is 1.63. The first kappa shape index (κ1) is 37.3. The number of amides is 1. The molecule has 0 saturated carbocycles. The van der Waals surface area contributed by atoms with E-state index >= 15 is 0 Å². The second-order valence-electron chi connectivity index (χ2n) is 12.5. The van der Waals surface area contributed by atoms with E-state index in [1.165, 1.54) is 67.4 Å². The normalized spacial score (nSPS) is 12.1. The summed E-state index contributed by atoms with van der Waals surface area (Å²) in [5.41, 5.74) is 0.259. The number of hydrogen-bond acceptors (Lipinski definition) is 6. The Morgan fingerprint density at radius 2 is 1.36 bits per heavy atom. The van der Waals surface area contributed by atoms with Gasteiger partial charge in [-0.3, -0.25) is 23.5 Å². The lowest BCUT2D eigenvalue weighted by molar-refractivity contribution is -0.149. The summed E-state index contributed by atoms with van der Waals surface area (Å²) in [6.07, 6.45) is 21.5. The Bertz CT molecular complexity index is 1250. The number of hydrogen-bond donors (Lipinski definition) is 0. The fourth-order valence-electron chi connectivity index (χ4n) is 5.95. The number of unbranched alkanes of at least 4 members (excludes halogenated alkanes) is 15. The molecule has 10 heteroatoms. The molecule has 0 aliphatic rings. The van der Waals surface area contributed by atoms with Gasteiger partial charge in [-0.15, -0.1) is 0 Å². The molecule has 0 spiro atoms. The number of imidazole rings is 1. The maximum atomic E-state index is 12.8. The largest absolute Gasteiger partial charge is 0.461 e. The average Bonchev–Trinajstić information content (AvgIpc) is 3.37. The number of ether oxygens (including phenoxy) is 1. The highest BCUT2D eigenvalue weighted by Crippen LogP contribution is 2.15. The van der Waals surface area contributed by atoms with E-state index in [9.17, 15) is 19.2 Å². The summed E-state index contributed by atoms with van der Waals surface area (Å²) in [6.45, 7) is 6.88. The van der Waals surface area contributed by atoms with Gasteiger partial charge in [0.05, 0.1) is 12.9 Å². The van der Waals surface area contributed by atoms with Crippen LogP contribution in [0, 0.1) is 0 Å². The van der Waals surface area contributed by atoms with Crippen LogP contribution >= 0.6 is 0 Å². The first-order valence-electron chi connectivity index (χ1n) is 17.2. The Kier molecular flexibility index (Phi) is 17.7. The van der Waals surface area contributed by atoms with Gasteiger partial charge >= 0.3 is 11.7 Å². The second-order valence-corrected chi connectivity index (χ2v) is 12.5. The lowest BCUT2D eigenvalue weighted by Crippen LogP contribution is -2.39. The van der Waals surface area contributed by atoms with Gasteiger partial charge in [-0.2, -0.15) is 0 Å². The molecule has 0 aromatic carbocycles. The fraction of sp³-hybridized carbons (Fsp3) is 0.794. The van der Waals surface area contributed by atoms with Crippen molar-refractivity contribution in [2.75, 3.05) is 13.1 Å². The summed E-state index contributed by atoms with van der Waals surface area (Å²) in [5, 5.41) is 0. The Morgan fingerprint density at radius 3 is 1.93 bits per heavy atom. The van der Waals surface area contributed by atoms with Crippen LogP contribution in [0.1, 0.15) is 136 Å². The third-order valence-electron chi connectivity index (χ3n) is 8.59. The predicted octanol–water partition coefficient (Wildman–Crippen LogP) is 6.26. The smallest absolute Gasteiger partial charge is 0.332 e. The highest BCUT2D eigenvalue weighted by molar-refractivity contribution is 5.73. The van der Waals surface area contributed by atoms with Crippen LogP contribution in [-0.2, 0) is 35.0 Å². The standard InChI is InChI=1S/C34H59N5O5/c1-6-7-8-9-10-11-12-15-18-21-24-38(28(2)40)26-30(44-29(3)41)23-20-17-14-13-16-19-22-25-39-33(42)31-32(35-27-36(31)4)37(5)34(39)43/h27,30H,6-26H2,1-5H3. The van der Waals surface area contributed by atoms with Crippen LogP contribution in [0.25, 0.3) is 11.2 Å². The molecule has 0 saturated heterocycles. The molecule has 0 radical (unpaired) electrons. The molecule has 0 aliphatic heterocycles. The van der Waals surface area contributed by atoms with Gasteiger partial charge in [0.1, 0.15) is 6.10 Å². The van der Waals surface area contributed by atoms with Crippen molar-refractivity contribution in [2.45, 2.75) is 149 Å². The number of fused-ring (bicyclic) bond motifs is 1. The van der Waals surface area contributed by atoms with E-state index in [2.05, 4.69) is 11.9 Å². The molecule has 250 valence electrons. The van der Waals surface area contributed by atoms with Crippen LogP contribution in [0.3, 0.4) is 0 Å². The Morgan fingerprint density at radius 1 is 0.818 bits per heavy atom. The number of rotatable bonds is 24. The van der Waals surface area contributed by atoms with Crippen LogP contribution in [-0.4, -0.2) is 54.7 Å². The zero-order valence-electron chi connectivity index (χ0n) is 28.3. The Labute approximate surface area is 264 Å². The lowest BCUT2D eigenvalue weighted by Gasteiger charge is -2.26. The number of carbonyl (C=O) groups excluding carboxylic acids is 2. The summed E-state index contributed by atoms with van der Waals surface area (Å²) in [5.74, 6) is -0.257. The first-order chi connectivity index (χ1) is 21.2. The molecule has 0 N–H and O–H groups in total. The number of aromatic nitrogens is 4. The highest BCUT2D eigenvalue weighted by atomic mass is 16.5. The topological polar surface area (TPSA) is 108 Å². The summed E-state index contributed by atoms with van der Waals surface area (Å²) >= 11 is 0. The van der Waals surface area contributed by atoms with Gasteiger partial charge in [0.2, 0.25) is 5.91 Å². The van der Waals surface area contributed by atoms with E-state index in [1.54, 1.807) is 31.9 Å². The molecule has 1 amide bonds. The molecular formula is C34H59N5O5. The minimum Gasteiger partial charge on any atom is -0.461 e. The van der Waals surface area contributed by atoms with Crippen molar-refractivity contribution in [3.8, 4) is 0 Å². The van der Waals surface area contributed by atoms with Crippen LogP contribution < -0.4 is 11.2 Å². The molecule has 0 fully saturated rings. The van der Waals surface area contributed by atoms with E-state index in [-0.39, 0.29) is 29.2 Å². The number of carbonyl (C=O) groups is 2. The number of nitrogens with zero attached hydrogens (tertiary/aromatic N) is 5. The maximum Gasteiger partial charge on any atom is 0.332 e. The highest BCUT2D eigenvalue weighted by Gasteiger charge is 2.19. The van der Waals surface area contributed by atoms with Gasteiger partial charge in [0.25, 0.3) is 5.56 Å². The van der Waals surface area contributed by atoms with Gasteiger partial charge in [-0.05, 0) is 25.7 Å². The summed E-state index contributed by atoms with van der Waals surface area (Å²) in [7, 11) is 3.41. The fourth-order valence-corrected chi connectivity index (χ4v) is 5.95. The third kappa shape index (κ3) is 13.0. The molecule has 2 aromatic heterocycles. The van der Waals surface area contributed by atoms with Crippen molar-refractivity contribution in [3.63, 3.8) is 0 Å². The van der Waals surface area contributed by atoms with Gasteiger partial charge in [-0.25, -0.2) is 9.78 Å². The van der Waals surface area contributed by atoms with E-state index in [0.717, 1.165) is 70.8 Å². The van der Waals surface area contributed by atoms with E-state index in [0.29, 0.717) is 24.3 Å². The molecule has 1 atom stereocenters. The summed E-state index contributed by atoms with van der Waals surface area (Å²) in [4.78, 5) is 55.5. The van der Waals surface area contributed by atoms with Gasteiger partial charge in [0.15, 0.2) is 11.2 Å². The predicted molar refractivity (Wildman–Crippen MR) is 177 cm³/mol. The molecule has 2 rings (SSSR count). The van der Waals surface area contributed by atoms with E-state index in [1.807, 2.05) is 4.90 Å². The lowest BCUT2D eigenvalue weighted by atomic mass is 10.1. The quantitative estimate of drug-likeness (QED) is 0.102. The number of esters is 1. The minimum atomic E-state index is -0.324. The summed E-state index contributed by atoms with van der Waals surface area (Å²) < 4.78 is 10.0. The van der Waals surface area contributed by atoms with Crippen molar-refractivity contribution < 1.29 is 14.3 Å². The molecule has 0 aliphatic carbocycles. The molecular weight excluding hydrogens is 558 g/mol. The zero-order chi connectivity index (χ0) is 32.3. The van der Waals surface area contributed by atoms with Crippen molar-refractivity contribution >= 4 is 23.0 Å². The zero-order valence-corrected chi connectivity index (χ0v) is 28.3. The molecule has 44 heavy (non-hydrogen) atoms. The van der Waals surface area contributed by atoms with Crippen LogP contribution in [0.2, 0.25) is 0 Å². The molecule has 10 nitrogen and oxygen atoms in total. The minimum absolute atomic E-state index is 0.0402. The van der Waals surface area contributed by atoms with Crippen LogP contribution in [0.5, 0.6) is 0 Å². The van der Waals surface area contributed by atoms with Gasteiger partial charge in [0, 0.05) is 41.0 Å². The summed E-state index contributed by atoms with van der Waals surface area (Å²) in [6, 6.07) is 0.